The van der Waals surface area contributed by atoms with E-state index in [0.717, 1.165) is 18.7 Å². The smallest absolute Gasteiger partial charge is 0.123 e. The van der Waals surface area contributed by atoms with Gasteiger partial charge >= 0.3 is 0 Å². The van der Waals surface area contributed by atoms with Gasteiger partial charge in [-0.3, -0.25) is 4.90 Å². The third-order valence-corrected chi connectivity index (χ3v) is 2.10. The van der Waals surface area contributed by atoms with Crippen LogP contribution in [-0.2, 0) is 0 Å². The molecule has 0 fully saturated rings. The van der Waals surface area contributed by atoms with Crippen molar-refractivity contribution in [1.82, 2.24) is 4.90 Å². The SMILES string of the molecule is C=C(C)CN(C)CCOc1ccc(F)cc1. The summed E-state index contributed by atoms with van der Waals surface area (Å²) in [6.07, 6.45) is 0. The Morgan fingerprint density at radius 1 is 1.38 bits per heavy atom. The van der Waals surface area contributed by atoms with Gasteiger partial charge in [-0.05, 0) is 38.2 Å². The highest BCUT2D eigenvalue weighted by Crippen LogP contribution is 2.10. The first-order valence-corrected chi connectivity index (χ1v) is 5.29. The molecule has 1 aromatic carbocycles. The van der Waals surface area contributed by atoms with Gasteiger partial charge in [-0.1, -0.05) is 12.2 Å². The molecule has 0 aliphatic heterocycles. The van der Waals surface area contributed by atoms with Gasteiger partial charge in [0.2, 0.25) is 0 Å². The Bertz CT molecular complexity index is 334. The van der Waals surface area contributed by atoms with Gasteiger partial charge in [0.25, 0.3) is 0 Å². The maximum Gasteiger partial charge on any atom is 0.123 e. The van der Waals surface area contributed by atoms with Gasteiger partial charge in [-0.15, -0.1) is 0 Å². The molecular formula is C13H18FNO. The van der Waals surface area contributed by atoms with E-state index in [1.807, 2.05) is 14.0 Å². The van der Waals surface area contributed by atoms with Gasteiger partial charge < -0.3 is 4.74 Å². The summed E-state index contributed by atoms with van der Waals surface area (Å²) in [7, 11) is 2.02. The monoisotopic (exact) mass is 223 g/mol. The van der Waals surface area contributed by atoms with Crippen LogP contribution in [0.5, 0.6) is 5.75 Å². The number of hydrogen-bond donors (Lipinski definition) is 0. The lowest BCUT2D eigenvalue weighted by Gasteiger charge is -2.16. The molecule has 1 aromatic rings. The second-order valence-electron chi connectivity index (χ2n) is 4.00. The predicted molar refractivity (Wildman–Crippen MR) is 64.2 cm³/mol. The molecule has 0 N–H and O–H groups in total. The van der Waals surface area contributed by atoms with Crippen LogP contribution in [0.4, 0.5) is 4.39 Å². The summed E-state index contributed by atoms with van der Waals surface area (Å²) >= 11 is 0. The molecule has 0 spiro atoms. The third-order valence-electron chi connectivity index (χ3n) is 2.10. The second kappa shape index (κ2) is 6.28. The molecule has 0 bridgehead atoms. The molecule has 0 saturated heterocycles. The van der Waals surface area contributed by atoms with E-state index in [-0.39, 0.29) is 5.82 Å². The predicted octanol–water partition coefficient (Wildman–Crippen LogP) is 2.71. The van der Waals surface area contributed by atoms with E-state index in [1.54, 1.807) is 12.1 Å². The molecule has 0 saturated carbocycles. The van der Waals surface area contributed by atoms with Crippen molar-refractivity contribution in [3.05, 3.63) is 42.2 Å². The van der Waals surface area contributed by atoms with Crippen LogP contribution in [0, 0.1) is 5.82 Å². The Balaban J connectivity index is 2.25. The van der Waals surface area contributed by atoms with Gasteiger partial charge in [0.1, 0.15) is 18.2 Å². The first-order chi connectivity index (χ1) is 7.58. The Labute approximate surface area is 96.3 Å². The minimum absolute atomic E-state index is 0.244. The Hall–Kier alpha value is -1.35. The molecule has 16 heavy (non-hydrogen) atoms. The minimum Gasteiger partial charge on any atom is -0.492 e. The van der Waals surface area contributed by atoms with E-state index in [9.17, 15) is 4.39 Å². The molecule has 1 rings (SSSR count). The molecule has 0 unspecified atom stereocenters. The lowest BCUT2D eigenvalue weighted by Crippen LogP contribution is -2.25. The van der Waals surface area contributed by atoms with Crippen molar-refractivity contribution >= 4 is 0 Å². The van der Waals surface area contributed by atoms with E-state index in [0.29, 0.717) is 12.4 Å². The topological polar surface area (TPSA) is 12.5 Å². The normalized spacial score (nSPS) is 10.5. The molecule has 0 aliphatic rings. The van der Waals surface area contributed by atoms with E-state index < -0.39 is 0 Å². The minimum atomic E-state index is -0.244. The number of rotatable bonds is 6. The molecular weight excluding hydrogens is 205 g/mol. The lowest BCUT2D eigenvalue weighted by atomic mass is 10.3. The molecule has 0 atom stereocenters. The number of benzene rings is 1. The van der Waals surface area contributed by atoms with Crippen molar-refractivity contribution in [3.63, 3.8) is 0 Å². The summed E-state index contributed by atoms with van der Waals surface area (Å²) in [5.41, 5.74) is 1.13. The summed E-state index contributed by atoms with van der Waals surface area (Å²) in [6.45, 7) is 8.13. The number of likely N-dealkylation sites (N-methyl/N-ethyl adjacent to an activating group) is 1. The molecule has 0 heterocycles. The molecule has 2 nitrogen and oxygen atoms in total. The van der Waals surface area contributed by atoms with E-state index in [4.69, 9.17) is 4.74 Å². The van der Waals surface area contributed by atoms with Crippen molar-refractivity contribution in [2.75, 3.05) is 26.7 Å². The first-order valence-electron chi connectivity index (χ1n) is 5.29. The van der Waals surface area contributed by atoms with Crippen molar-refractivity contribution < 1.29 is 9.13 Å². The standard InChI is InChI=1S/C13H18FNO/c1-11(2)10-15(3)8-9-16-13-6-4-12(14)5-7-13/h4-7H,1,8-10H2,2-3H3. The number of hydrogen-bond acceptors (Lipinski definition) is 2. The van der Waals surface area contributed by atoms with Crippen LogP contribution >= 0.6 is 0 Å². The third kappa shape index (κ3) is 4.94. The van der Waals surface area contributed by atoms with E-state index >= 15 is 0 Å². The Morgan fingerprint density at radius 2 is 2.00 bits per heavy atom. The maximum absolute atomic E-state index is 12.6. The van der Waals surface area contributed by atoms with Crippen LogP contribution in [0.15, 0.2) is 36.4 Å². The van der Waals surface area contributed by atoms with Gasteiger partial charge in [0.15, 0.2) is 0 Å². The Morgan fingerprint density at radius 3 is 2.56 bits per heavy atom. The molecule has 0 aliphatic carbocycles. The largest absolute Gasteiger partial charge is 0.492 e. The molecule has 88 valence electrons. The van der Waals surface area contributed by atoms with Gasteiger partial charge in [-0.25, -0.2) is 4.39 Å². The van der Waals surface area contributed by atoms with Crippen LogP contribution in [-0.4, -0.2) is 31.6 Å². The summed E-state index contributed by atoms with van der Waals surface area (Å²) in [5.74, 6) is 0.455. The van der Waals surface area contributed by atoms with Gasteiger partial charge in [0, 0.05) is 13.1 Å². The molecule has 0 amide bonds. The molecule has 0 aromatic heterocycles. The molecule has 3 heteroatoms. The van der Waals surface area contributed by atoms with Crippen LogP contribution in [0.25, 0.3) is 0 Å². The van der Waals surface area contributed by atoms with Crippen LogP contribution < -0.4 is 4.74 Å². The lowest BCUT2D eigenvalue weighted by molar-refractivity contribution is 0.247. The highest BCUT2D eigenvalue weighted by molar-refractivity contribution is 5.21. The zero-order valence-electron chi connectivity index (χ0n) is 9.87. The highest BCUT2D eigenvalue weighted by Gasteiger charge is 1.99. The van der Waals surface area contributed by atoms with Crippen molar-refractivity contribution in [2.24, 2.45) is 0 Å². The van der Waals surface area contributed by atoms with E-state index in [2.05, 4.69) is 11.5 Å². The van der Waals surface area contributed by atoms with E-state index in [1.165, 1.54) is 12.1 Å². The summed E-state index contributed by atoms with van der Waals surface area (Å²) in [4.78, 5) is 2.13. The average Bonchev–Trinajstić information content (AvgIpc) is 2.20. The highest BCUT2D eigenvalue weighted by atomic mass is 19.1. The molecule has 0 radical (unpaired) electrons. The number of nitrogens with zero attached hydrogens (tertiary/aromatic N) is 1. The van der Waals surface area contributed by atoms with Gasteiger partial charge in [-0.2, -0.15) is 0 Å². The average molecular weight is 223 g/mol. The van der Waals surface area contributed by atoms with Crippen molar-refractivity contribution in [3.8, 4) is 5.75 Å². The van der Waals surface area contributed by atoms with Gasteiger partial charge in [0.05, 0.1) is 0 Å². The first kappa shape index (κ1) is 12.7. The second-order valence-corrected chi connectivity index (χ2v) is 4.00. The summed E-state index contributed by atoms with van der Waals surface area (Å²) in [5, 5.41) is 0. The zero-order valence-corrected chi connectivity index (χ0v) is 9.87. The van der Waals surface area contributed by atoms with Crippen molar-refractivity contribution in [2.45, 2.75) is 6.92 Å². The fraction of sp³-hybridized carbons (Fsp3) is 0.385. The van der Waals surface area contributed by atoms with Crippen LogP contribution in [0.3, 0.4) is 0 Å². The maximum atomic E-state index is 12.6. The zero-order chi connectivity index (χ0) is 12.0. The number of ether oxygens (including phenoxy) is 1. The fourth-order valence-electron chi connectivity index (χ4n) is 1.39. The van der Waals surface area contributed by atoms with Crippen molar-refractivity contribution in [1.29, 1.82) is 0 Å². The fourth-order valence-corrected chi connectivity index (χ4v) is 1.39. The number of halogens is 1. The summed E-state index contributed by atoms with van der Waals surface area (Å²) in [6, 6.07) is 6.06. The Kier molecular flexibility index (Phi) is 4.99. The quantitative estimate of drug-likeness (QED) is 0.687. The summed E-state index contributed by atoms with van der Waals surface area (Å²) < 4.78 is 18.1. The van der Waals surface area contributed by atoms with Crippen LogP contribution in [0.2, 0.25) is 0 Å². The van der Waals surface area contributed by atoms with Crippen LogP contribution in [0.1, 0.15) is 6.92 Å².